The van der Waals surface area contributed by atoms with Crippen molar-refractivity contribution in [2.75, 3.05) is 18.0 Å². The molecule has 0 N–H and O–H groups in total. The SMILES string of the molecule is C[C@]12CCC(CN(c3nc(Cl)nc4c(F)cc(F)c(F)c34)C1)N2C(=O)OCc1ccccc1. The highest BCUT2D eigenvalue weighted by atomic mass is 35.5. The van der Waals surface area contributed by atoms with Gasteiger partial charge in [-0.2, -0.15) is 4.98 Å². The van der Waals surface area contributed by atoms with Crippen LogP contribution >= 0.6 is 11.6 Å². The Bertz CT molecular complexity index is 1250. The molecule has 0 saturated carbocycles. The van der Waals surface area contributed by atoms with Gasteiger partial charge < -0.3 is 9.64 Å². The smallest absolute Gasteiger partial charge is 0.410 e. The largest absolute Gasteiger partial charge is 0.445 e. The molecule has 2 saturated heterocycles. The summed E-state index contributed by atoms with van der Waals surface area (Å²) in [4.78, 5) is 24.3. The van der Waals surface area contributed by atoms with Gasteiger partial charge >= 0.3 is 6.09 Å². The number of rotatable bonds is 3. The fourth-order valence-corrected chi connectivity index (χ4v) is 5.10. The molecular weight excluding hydrogens is 457 g/mol. The van der Waals surface area contributed by atoms with Gasteiger partial charge in [-0.3, -0.25) is 4.90 Å². The second-order valence-electron chi connectivity index (χ2n) is 8.67. The summed E-state index contributed by atoms with van der Waals surface area (Å²) in [6.45, 7) is 2.62. The van der Waals surface area contributed by atoms with Gasteiger partial charge in [-0.25, -0.2) is 22.9 Å². The van der Waals surface area contributed by atoms with Crippen LogP contribution in [0.3, 0.4) is 0 Å². The molecule has 0 spiro atoms. The number of ether oxygens (including phenoxy) is 1. The molecule has 3 aromatic rings. The number of carbonyl (C=O) groups excluding carboxylic acids is 1. The highest BCUT2D eigenvalue weighted by Crippen LogP contribution is 2.42. The molecule has 33 heavy (non-hydrogen) atoms. The number of nitrogens with zero attached hydrogens (tertiary/aromatic N) is 4. The first-order valence-corrected chi connectivity index (χ1v) is 10.9. The van der Waals surface area contributed by atoms with E-state index in [9.17, 15) is 18.0 Å². The van der Waals surface area contributed by atoms with Crippen LogP contribution in [0.15, 0.2) is 36.4 Å². The number of carbonyl (C=O) groups is 1. The van der Waals surface area contributed by atoms with Crippen LogP contribution in [0.2, 0.25) is 5.28 Å². The molecular formula is C23H20ClF3N4O2. The zero-order valence-electron chi connectivity index (χ0n) is 17.7. The number of piperazine rings is 1. The van der Waals surface area contributed by atoms with Crippen LogP contribution in [-0.4, -0.2) is 45.6 Å². The highest BCUT2D eigenvalue weighted by Gasteiger charge is 2.52. The van der Waals surface area contributed by atoms with Crippen molar-refractivity contribution in [3.05, 3.63) is 64.7 Å². The number of hydrogen-bond acceptors (Lipinski definition) is 5. The first-order valence-electron chi connectivity index (χ1n) is 10.5. The topological polar surface area (TPSA) is 58.6 Å². The number of fused-ring (bicyclic) bond motifs is 3. The molecule has 2 fully saturated rings. The maximum Gasteiger partial charge on any atom is 0.410 e. The van der Waals surface area contributed by atoms with Gasteiger partial charge in [0.2, 0.25) is 5.28 Å². The van der Waals surface area contributed by atoms with Crippen LogP contribution in [-0.2, 0) is 11.3 Å². The Kier molecular flexibility index (Phi) is 5.31. The lowest BCUT2D eigenvalue weighted by atomic mass is 9.97. The third-order valence-electron chi connectivity index (χ3n) is 6.40. The van der Waals surface area contributed by atoms with Gasteiger partial charge in [0.25, 0.3) is 0 Å². The van der Waals surface area contributed by atoms with E-state index in [1.54, 1.807) is 9.80 Å². The van der Waals surface area contributed by atoms with E-state index in [1.165, 1.54) is 0 Å². The second-order valence-corrected chi connectivity index (χ2v) is 9.01. The van der Waals surface area contributed by atoms with E-state index in [4.69, 9.17) is 16.3 Å². The molecule has 1 aromatic heterocycles. The van der Waals surface area contributed by atoms with Gasteiger partial charge in [0.05, 0.1) is 17.0 Å². The van der Waals surface area contributed by atoms with E-state index in [-0.39, 0.29) is 47.7 Å². The number of hydrogen-bond donors (Lipinski definition) is 0. The molecule has 2 aliphatic heterocycles. The fraction of sp³-hybridized carbons (Fsp3) is 0.348. The van der Waals surface area contributed by atoms with Crippen LogP contribution in [0.25, 0.3) is 10.9 Å². The zero-order chi connectivity index (χ0) is 23.3. The van der Waals surface area contributed by atoms with Crippen molar-refractivity contribution in [3.8, 4) is 0 Å². The third-order valence-corrected chi connectivity index (χ3v) is 6.57. The lowest BCUT2D eigenvalue weighted by Crippen LogP contribution is -2.62. The molecule has 3 heterocycles. The summed E-state index contributed by atoms with van der Waals surface area (Å²) in [6.07, 6.45) is 0.962. The Labute approximate surface area is 192 Å². The number of anilines is 1. The van der Waals surface area contributed by atoms with Gasteiger partial charge in [-0.15, -0.1) is 0 Å². The van der Waals surface area contributed by atoms with Gasteiger partial charge in [-0.1, -0.05) is 30.3 Å². The molecule has 2 atom stereocenters. The number of halogens is 4. The van der Waals surface area contributed by atoms with Crippen LogP contribution < -0.4 is 4.90 Å². The molecule has 2 bridgehead atoms. The fourth-order valence-electron chi connectivity index (χ4n) is 4.93. The van der Waals surface area contributed by atoms with Crippen molar-refractivity contribution in [2.45, 2.75) is 38.0 Å². The zero-order valence-corrected chi connectivity index (χ0v) is 18.5. The molecule has 1 unspecified atom stereocenters. The Morgan fingerprint density at radius 2 is 1.97 bits per heavy atom. The predicted octanol–water partition coefficient (Wildman–Crippen LogP) is 5.08. The second kappa shape index (κ2) is 8.06. The normalized spacial score (nSPS) is 22.2. The third kappa shape index (κ3) is 3.74. The first-order chi connectivity index (χ1) is 15.8. The highest BCUT2D eigenvalue weighted by molar-refractivity contribution is 6.28. The summed E-state index contributed by atoms with van der Waals surface area (Å²) < 4.78 is 48.6. The molecule has 0 aliphatic carbocycles. The average molecular weight is 477 g/mol. The summed E-state index contributed by atoms with van der Waals surface area (Å²) in [7, 11) is 0. The Morgan fingerprint density at radius 3 is 2.70 bits per heavy atom. The van der Waals surface area contributed by atoms with Gasteiger partial charge in [-0.05, 0) is 36.9 Å². The minimum absolute atomic E-state index is 0.0105. The van der Waals surface area contributed by atoms with Crippen molar-refractivity contribution < 1.29 is 22.7 Å². The molecule has 10 heteroatoms. The monoisotopic (exact) mass is 476 g/mol. The lowest BCUT2D eigenvalue weighted by Gasteiger charge is -2.47. The standard InChI is InChI=1S/C23H20ClF3N4O2/c1-23-8-7-14(31(23)22(32)33-11-13-5-3-2-4-6-13)10-30(12-23)20-17-18(27)15(25)9-16(26)19(17)28-21(24)29-20/h2-6,9,14H,7-8,10-12H2,1H3/t14?,23-/m0/s1. The maximum atomic E-state index is 14.7. The predicted molar refractivity (Wildman–Crippen MR) is 117 cm³/mol. The first kappa shape index (κ1) is 21.8. The number of amides is 1. The minimum Gasteiger partial charge on any atom is -0.445 e. The van der Waals surface area contributed by atoms with Gasteiger partial charge in [0.1, 0.15) is 17.9 Å². The quantitative estimate of drug-likeness (QED) is 0.390. The van der Waals surface area contributed by atoms with Crippen LogP contribution in [0.5, 0.6) is 0 Å². The lowest BCUT2D eigenvalue weighted by molar-refractivity contribution is 0.0467. The van der Waals surface area contributed by atoms with E-state index < -0.39 is 29.1 Å². The van der Waals surface area contributed by atoms with Gasteiger partial charge in [0, 0.05) is 19.2 Å². The maximum absolute atomic E-state index is 14.7. The van der Waals surface area contributed by atoms with Crippen molar-refractivity contribution in [1.82, 2.24) is 14.9 Å². The van der Waals surface area contributed by atoms with Crippen molar-refractivity contribution in [3.63, 3.8) is 0 Å². The number of aromatic nitrogens is 2. The summed E-state index contributed by atoms with van der Waals surface area (Å²) in [5.41, 5.74) is -0.141. The molecule has 1 amide bonds. The Morgan fingerprint density at radius 1 is 1.21 bits per heavy atom. The molecule has 2 aromatic carbocycles. The molecule has 6 nitrogen and oxygen atoms in total. The summed E-state index contributed by atoms with van der Waals surface area (Å²) >= 11 is 5.99. The van der Waals surface area contributed by atoms with E-state index in [2.05, 4.69) is 9.97 Å². The van der Waals surface area contributed by atoms with Crippen LogP contribution in [0, 0.1) is 17.5 Å². The van der Waals surface area contributed by atoms with E-state index in [0.29, 0.717) is 18.9 Å². The van der Waals surface area contributed by atoms with Gasteiger partial charge in [0.15, 0.2) is 17.5 Å². The summed E-state index contributed by atoms with van der Waals surface area (Å²) in [5.74, 6) is -3.58. The summed E-state index contributed by atoms with van der Waals surface area (Å²) in [6, 6.07) is 9.57. The van der Waals surface area contributed by atoms with Crippen molar-refractivity contribution in [1.29, 1.82) is 0 Å². The minimum atomic E-state index is -1.33. The molecule has 2 aliphatic rings. The Balaban J connectivity index is 1.44. The van der Waals surface area contributed by atoms with Crippen molar-refractivity contribution >= 4 is 34.4 Å². The van der Waals surface area contributed by atoms with E-state index >= 15 is 0 Å². The average Bonchev–Trinajstić information content (AvgIpc) is 3.00. The van der Waals surface area contributed by atoms with Crippen LogP contribution in [0.4, 0.5) is 23.8 Å². The van der Waals surface area contributed by atoms with Crippen LogP contribution in [0.1, 0.15) is 25.3 Å². The van der Waals surface area contributed by atoms with Crippen molar-refractivity contribution in [2.24, 2.45) is 0 Å². The Hall–Kier alpha value is -3.07. The van der Waals surface area contributed by atoms with E-state index in [1.807, 2.05) is 37.3 Å². The summed E-state index contributed by atoms with van der Waals surface area (Å²) in [5, 5.41) is -0.635. The van der Waals surface area contributed by atoms with E-state index in [0.717, 1.165) is 5.56 Å². The number of benzene rings is 2. The molecule has 0 radical (unpaired) electrons. The molecule has 5 rings (SSSR count). The molecule has 172 valence electrons.